The van der Waals surface area contributed by atoms with Crippen molar-refractivity contribution in [3.05, 3.63) is 56.5 Å². The fourth-order valence-corrected chi connectivity index (χ4v) is 2.64. The highest BCUT2D eigenvalue weighted by molar-refractivity contribution is 9.10. The van der Waals surface area contributed by atoms with Gasteiger partial charge >= 0.3 is 0 Å². The lowest BCUT2D eigenvalue weighted by Crippen LogP contribution is -2.12. The summed E-state index contributed by atoms with van der Waals surface area (Å²) in [5.74, 6) is 0.717. The first-order valence-corrected chi connectivity index (χ1v) is 8.64. The number of aryl methyl sites for hydroxylation is 1. The minimum atomic E-state index is -0.0696. The van der Waals surface area contributed by atoms with Crippen LogP contribution in [0.15, 0.2) is 40.9 Å². The first-order valence-electron chi connectivity index (χ1n) is 7.09. The van der Waals surface area contributed by atoms with Gasteiger partial charge in [-0.05, 0) is 71.2 Å². The Morgan fingerprint density at radius 2 is 2.00 bits per heavy atom. The van der Waals surface area contributed by atoms with Crippen molar-refractivity contribution in [2.24, 2.45) is 0 Å². The molecule has 1 amide bonds. The van der Waals surface area contributed by atoms with Crippen LogP contribution in [0.1, 0.15) is 18.4 Å². The molecule has 0 aromatic heterocycles. The van der Waals surface area contributed by atoms with E-state index in [1.807, 2.05) is 19.1 Å². The zero-order valence-corrected chi connectivity index (χ0v) is 15.6. The zero-order valence-electron chi connectivity index (χ0n) is 12.5. The summed E-state index contributed by atoms with van der Waals surface area (Å²) >= 11 is 15.2. The molecule has 23 heavy (non-hydrogen) atoms. The van der Waals surface area contributed by atoms with Crippen molar-refractivity contribution in [2.75, 3.05) is 11.9 Å². The van der Waals surface area contributed by atoms with Crippen LogP contribution < -0.4 is 10.1 Å². The molecular formula is C17H16BrCl2NO2. The first-order chi connectivity index (χ1) is 11.0. The zero-order chi connectivity index (χ0) is 16.8. The SMILES string of the molecule is Cc1cc(Cl)ccc1OCCCC(=O)Nc1ccc(Br)c(Cl)c1. The van der Waals surface area contributed by atoms with Gasteiger partial charge in [-0.3, -0.25) is 4.79 Å². The Labute approximate surface area is 154 Å². The summed E-state index contributed by atoms with van der Waals surface area (Å²) in [6, 6.07) is 10.8. The molecule has 6 heteroatoms. The molecule has 122 valence electrons. The number of benzene rings is 2. The van der Waals surface area contributed by atoms with Crippen molar-refractivity contribution in [1.29, 1.82) is 0 Å². The molecule has 0 heterocycles. The van der Waals surface area contributed by atoms with Gasteiger partial charge in [0.2, 0.25) is 5.91 Å². The standard InChI is InChI=1S/C17H16BrCl2NO2/c1-11-9-12(19)4-7-16(11)23-8-2-3-17(22)21-13-5-6-14(18)15(20)10-13/h4-7,9-10H,2-3,8H2,1H3,(H,21,22). The summed E-state index contributed by atoms with van der Waals surface area (Å²) in [4.78, 5) is 11.9. The highest BCUT2D eigenvalue weighted by atomic mass is 79.9. The monoisotopic (exact) mass is 415 g/mol. The van der Waals surface area contributed by atoms with E-state index in [0.29, 0.717) is 35.2 Å². The molecule has 1 N–H and O–H groups in total. The average molecular weight is 417 g/mol. The van der Waals surface area contributed by atoms with Crippen molar-refractivity contribution >= 4 is 50.7 Å². The molecule has 0 aliphatic rings. The van der Waals surface area contributed by atoms with E-state index >= 15 is 0 Å². The summed E-state index contributed by atoms with van der Waals surface area (Å²) in [6.45, 7) is 2.40. The lowest BCUT2D eigenvalue weighted by molar-refractivity contribution is -0.116. The number of rotatable bonds is 6. The number of anilines is 1. The Hall–Kier alpha value is -1.23. The van der Waals surface area contributed by atoms with Gasteiger partial charge < -0.3 is 10.1 Å². The number of halogens is 3. The van der Waals surface area contributed by atoms with E-state index in [9.17, 15) is 4.79 Å². The van der Waals surface area contributed by atoms with E-state index in [0.717, 1.165) is 15.8 Å². The van der Waals surface area contributed by atoms with Gasteiger partial charge in [0, 0.05) is 21.6 Å². The van der Waals surface area contributed by atoms with Crippen LogP contribution in [0.5, 0.6) is 5.75 Å². The Kier molecular flexibility index (Phi) is 6.75. The van der Waals surface area contributed by atoms with E-state index in [4.69, 9.17) is 27.9 Å². The Morgan fingerprint density at radius 3 is 2.70 bits per heavy atom. The molecule has 0 spiro atoms. The van der Waals surface area contributed by atoms with Crippen LogP contribution in [0.25, 0.3) is 0 Å². The van der Waals surface area contributed by atoms with Crippen LogP contribution in [0.4, 0.5) is 5.69 Å². The topological polar surface area (TPSA) is 38.3 Å². The second kappa shape index (κ2) is 8.57. The van der Waals surface area contributed by atoms with Crippen LogP contribution in [0.2, 0.25) is 10.0 Å². The number of amides is 1. The van der Waals surface area contributed by atoms with Crippen molar-refractivity contribution in [2.45, 2.75) is 19.8 Å². The fourth-order valence-electron chi connectivity index (χ4n) is 1.99. The summed E-state index contributed by atoms with van der Waals surface area (Å²) in [5.41, 5.74) is 1.66. The molecule has 0 saturated carbocycles. The second-order valence-corrected chi connectivity index (χ2v) is 6.74. The molecule has 2 aromatic rings. The van der Waals surface area contributed by atoms with Crippen molar-refractivity contribution in [3.8, 4) is 5.75 Å². The molecule has 0 saturated heterocycles. The first kappa shape index (κ1) is 18.1. The van der Waals surface area contributed by atoms with Gasteiger partial charge in [-0.15, -0.1) is 0 Å². The molecule has 0 aliphatic heterocycles. The van der Waals surface area contributed by atoms with Gasteiger partial charge in [0.05, 0.1) is 11.6 Å². The van der Waals surface area contributed by atoms with E-state index in [1.54, 1.807) is 24.3 Å². The van der Waals surface area contributed by atoms with Gasteiger partial charge in [-0.2, -0.15) is 0 Å². The summed E-state index contributed by atoms with van der Waals surface area (Å²) < 4.78 is 6.46. The third-order valence-electron chi connectivity index (χ3n) is 3.15. The average Bonchev–Trinajstić information content (AvgIpc) is 2.49. The molecule has 0 bridgehead atoms. The third-order valence-corrected chi connectivity index (χ3v) is 4.61. The Morgan fingerprint density at radius 1 is 1.22 bits per heavy atom. The molecule has 0 aliphatic carbocycles. The quantitative estimate of drug-likeness (QED) is 0.598. The number of ether oxygens (including phenoxy) is 1. The normalized spacial score (nSPS) is 10.4. The predicted molar refractivity (Wildman–Crippen MR) is 98.7 cm³/mol. The number of nitrogens with one attached hydrogen (secondary N) is 1. The van der Waals surface area contributed by atoms with E-state index in [-0.39, 0.29) is 5.91 Å². The summed E-state index contributed by atoms with van der Waals surface area (Å²) in [5, 5.41) is 4.05. The maximum absolute atomic E-state index is 11.9. The van der Waals surface area contributed by atoms with E-state index in [1.165, 1.54) is 0 Å². The minimum absolute atomic E-state index is 0.0696. The molecule has 2 rings (SSSR count). The van der Waals surface area contributed by atoms with Gasteiger partial charge in [-0.1, -0.05) is 23.2 Å². The molecule has 2 aromatic carbocycles. The molecule has 0 unspecified atom stereocenters. The number of hydrogen-bond acceptors (Lipinski definition) is 2. The molecule has 3 nitrogen and oxygen atoms in total. The van der Waals surface area contributed by atoms with Crippen LogP contribution in [0.3, 0.4) is 0 Å². The summed E-state index contributed by atoms with van der Waals surface area (Å²) in [7, 11) is 0. The van der Waals surface area contributed by atoms with Gasteiger partial charge in [0.1, 0.15) is 5.75 Å². The molecule has 0 radical (unpaired) electrons. The second-order valence-electron chi connectivity index (χ2n) is 5.04. The molecule has 0 atom stereocenters. The lowest BCUT2D eigenvalue weighted by Gasteiger charge is -2.10. The fraction of sp³-hybridized carbons (Fsp3) is 0.235. The van der Waals surface area contributed by atoms with Crippen LogP contribution in [-0.2, 0) is 4.79 Å². The van der Waals surface area contributed by atoms with Gasteiger partial charge in [0.25, 0.3) is 0 Å². The van der Waals surface area contributed by atoms with Crippen LogP contribution in [0, 0.1) is 6.92 Å². The number of carbonyl (C=O) groups is 1. The molecular weight excluding hydrogens is 401 g/mol. The Balaban J connectivity index is 1.75. The smallest absolute Gasteiger partial charge is 0.224 e. The largest absolute Gasteiger partial charge is 0.493 e. The van der Waals surface area contributed by atoms with Crippen molar-refractivity contribution in [3.63, 3.8) is 0 Å². The van der Waals surface area contributed by atoms with E-state index in [2.05, 4.69) is 21.2 Å². The third kappa shape index (κ3) is 5.72. The van der Waals surface area contributed by atoms with Gasteiger partial charge in [-0.25, -0.2) is 0 Å². The lowest BCUT2D eigenvalue weighted by atomic mass is 10.2. The maximum atomic E-state index is 11.9. The van der Waals surface area contributed by atoms with Crippen LogP contribution in [-0.4, -0.2) is 12.5 Å². The number of carbonyl (C=O) groups excluding carboxylic acids is 1. The van der Waals surface area contributed by atoms with Crippen molar-refractivity contribution < 1.29 is 9.53 Å². The van der Waals surface area contributed by atoms with E-state index < -0.39 is 0 Å². The van der Waals surface area contributed by atoms with Crippen molar-refractivity contribution in [1.82, 2.24) is 0 Å². The highest BCUT2D eigenvalue weighted by Gasteiger charge is 2.05. The Bertz CT molecular complexity index is 707. The minimum Gasteiger partial charge on any atom is -0.493 e. The maximum Gasteiger partial charge on any atom is 0.224 e. The van der Waals surface area contributed by atoms with Gasteiger partial charge in [0.15, 0.2) is 0 Å². The molecule has 0 fully saturated rings. The number of hydrogen-bond donors (Lipinski definition) is 1. The van der Waals surface area contributed by atoms with Crippen LogP contribution >= 0.6 is 39.1 Å². The summed E-state index contributed by atoms with van der Waals surface area (Å²) in [6.07, 6.45) is 0.998. The predicted octanol–water partition coefficient (Wildman–Crippen LogP) is 5.86. The highest BCUT2D eigenvalue weighted by Crippen LogP contribution is 2.25.